The van der Waals surface area contributed by atoms with Crippen LogP contribution >= 0.6 is 0 Å². The van der Waals surface area contributed by atoms with Crippen molar-refractivity contribution in [2.45, 2.75) is 111 Å². The van der Waals surface area contributed by atoms with Crippen LogP contribution < -0.4 is 0 Å². The van der Waals surface area contributed by atoms with Gasteiger partial charge in [-0.15, -0.1) is 0 Å². The maximum absolute atomic E-state index is 13.3. The second kappa shape index (κ2) is 10.4. The van der Waals surface area contributed by atoms with Gasteiger partial charge in [0.05, 0.1) is 12.2 Å². The first-order valence-corrected chi connectivity index (χ1v) is 12.6. The molecule has 3 rings (SSSR count). The summed E-state index contributed by atoms with van der Waals surface area (Å²) in [5.41, 5.74) is -0.238. The molecule has 0 bridgehead atoms. The summed E-state index contributed by atoms with van der Waals surface area (Å²) < 4.78 is 17.1. The highest BCUT2D eigenvalue weighted by Gasteiger charge is 2.46. The van der Waals surface area contributed by atoms with Crippen LogP contribution in [0.3, 0.4) is 0 Å². The molecule has 0 aromatic rings. The Morgan fingerprint density at radius 2 is 1.78 bits per heavy atom. The zero-order chi connectivity index (χ0) is 23.6. The highest BCUT2D eigenvalue weighted by atomic mass is 16.7. The van der Waals surface area contributed by atoms with Crippen molar-refractivity contribution in [1.29, 1.82) is 0 Å². The summed E-state index contributed by atoms with van der Waals surface area (Å²) >= 11 is 0. The number of carbonyl (C=O) groups is 2. The minimum atomic E-state index is -0.238. The first-order valence-electron chi connectivity index (χ1n) is 12.6. The molecule has 1 amide bonds. The Labute approximate surface area is 194 Å². The van der Waals surface area contributed by atoms with Crippen LogP contribution in [0.15, 0.2) is 0 Å². The number of nitrogens with zero attached hydrogens (tertiary/aromatic N) is 1. The Balaban J connectivity index is 1.58. The van der Waals surface area contributed by atoms with E-state index < -0.39 is 0 Å². The summed E-state index contributed by atoms with van der Waals surface area (Å²) in [5, 5.41) is 0. The van der Waals surface area contributed by atoms with E-state index in [9.17, 15) is 9.59 Å². The lowest BCUT2D eigenvalue weighted by atomic mass is 9.61. The Hall–Kier alpha value is -1.14. The number of hydrogen-bond acceptors (Lipinski definition) is 5. The van der Waals surface area contributed by atoms with Crippen LogP contribution in [-0.4, -0.2) is 55.0 Å². The molecule has 0 aromatic carbocycles. The van der Waals surface area contributed by atoms with Crippen molar-refractivity contribution in [3.8, 4) is 0 Å². The molecular formula is C26H45NO5. The average Bonchev–Trinajstić information content (AvgIpc) is 3.13. The van der Waals surface area contributed by atoms with Crippen molar-refractivity contribution in [2.75, 3.05) is 13.8 Å². The first-order chi connectivity index (χ1) is 15.0. The smallest absolute Gasteiger partial charge is 0.302 e. The fourth-order valence-corrected chi connectivity index (χ4v) is 6.89. The second-order valence-electron chi connectivity index (χ2n) is 11.7. The predicted molar refractivity (Wildman–Crippen MR) is 124 cm³/mol. The van der Waals surface area contributed by atoms with Gasteiger partial charge in [-0.3, -0.25) is 9.59 Å². The molecule has 1 saturated heterocycles. The number of rotatable bonds is 7. The summed E-state index contributed by atoms with van der Waals surface area (Å²) in [6, 6.07) is 0.190. The third-order valence-corrected chi connectivity index (χ3v) is 8.38. The Morgan fingerprint density at radius 1 is 1.09 bits per heavy atom. The van der Waals surface area contributed by atoms with Crippen molar-refractivity contribution >= 4 is 11.9 Å². The molecule has 0 aromatic heterocycles. The molecule has 1 heterocycles. The van der Waals surface area contributed by atoms with Gasteiger partial charge in [0.15, 0.2) is 0 Å². The van der Waals surface area contributed by atoms with Gasteiger partial charge in [-0.05, 0) is 68.6 Å². The van der Waals surface area contributed by atoms with Crippen molar-refractivity contribution in [1.82, 2.24) is 4.90 Å². The number of hydrogen-bond donors (Lipinski definition) is 0. The standard InChI is InChI=1S/C26H45NO5/c1-16-10-17(2)25(23(11-16)32-19(4)28)26(5,6)14-24(29)27(7)18(3)12-20-8-9-21-22(13-20)31-15-30-21/h16-18,20-23,25H,8-15H2,1-7H3. The molecule has 0 spiro atoms. The number of esters is 1. The summed E-state index contributed by atoms with van der Waals surface area (Å²) in [7, 11) is 1.94. The molecule has 0 N–H and O–H groups in total. The van der Waals surface area contributed by atoms with E-state index in [0.717, 1.165) is 38.5 Å². The van der Waals surface area contributed by atoms with Gasteiger partial charge in [0.1, 0.15) is 12.9 Å². The molecule has 32 heavy (non-hydrogen) atoms. The fraction of sp³-hybridized carbons (Fsp3) is 0.923. The maximum Gasteiger partial charge on any atom is 0.302 e. The largest absolute Gasteiger partial charge is 0.462 e. The van der Waals surface area contributed by atoms with Crippen LogP contribution in [0.5, 0.6) is 0 Å². The SMILES string of the molecule is CC(=O)OC1CC(C)CC(C)C1C(C)(C)CC(=O)N(C)C(C)CC1CCC2OCOC2C1. The number of fused-ring (bicyclic) bond motifs is 1. The summed E-state index contributed by atoms with van der Waals surface area (Å²) in [5.74, 6) is 1.67. The van der Waals surface area contributed by atoms with Crippen molar-refractivity contribution in [2.24, 2.45) is 29.1 Å². The van der Waals surface area contributed by atoms with Gasteiger partial charge >= 0.3 is 5.97 Å². The van der Waals surface area contributed by atoms with E-state index in [1.54, 1.807) is 0 Å². The summed E-state index contributed by atoms with van der Waals surface area (Å²) in [6.07, 6.45) is 7.10. The molecule has 2 saturated carbocycles. The molecule has 184 valence electrons. The number of ether oxygens (including phenoxy) is 3. The topological polar surface area (TPSA) is 65.1 Å². The molecule has 8 unspecified atom stereocenters. The monoisotopic (exact) mass is 451 g/mol. The lowest BCUT2D eigenvalue weighted by molar-refractivity contribution is -0.160. The van der Waals surface area contributed by atoms with Gasteiger partial charge in [0, 0.05) is 32.4 Å². The maximum atomic E-state index is 13.3. The minimum Gasteiger partial charge on any atom is -0.462 e. The van der Waals surface area contributed by atoms with Gasteiger partial charge < -0.3 is 19.1 Å². The van der Waals surface area contributed by atoms with E-state index in [1.807, 2.05) is 11.9 Å². The number of amides is 1. The highest BCUT2D eigenvalue weighted by Crippen LogP contribution is 2.47. The predicted octanol–water partition coefficient (Wildman–Crippen LogP) is 4.80. The molecular weight excluding hydrogens is 406 g/mol. The van der Waals surface area contributed by atoms with Crippen molar-refractivity contribution < 1.29 is 23.8 Å². The van der Waals surface area contributed by atoms with Crippen LogP contribution in [-0.2, 0) is 23.8 Å². The van der Waals surface area contributed by atoms with E-state index in [-0.39, 0.29) is 47.6 Å². The first kappa shape index (κ1) is 25.5. The van der Waals surface area contributed by atoms with E-state index >= 15 is 0 Å². The summed E-state index contributed by atoms with van der Waals surface area (Å²) in [6.45, 7) is 12.9. The fourth-order valence-electron chi connectivity index (χ4n) is 6.89. The molecule has 2 aliphatic carbocycles. The molecule has 6 nitrogen and oxygen atoms in total. The zero-order valence-electron chi connectivity index (χ0n) is 21.3. The number of carbonyl (C=O) groups excluding carboxylic acids is 2. The molecule has 6 heteroatoms. The highest BCUT2D eigenvalue weighted by molar-refractivity contribution is 5.77. The van der Waals surface area contributed by atoms with Gasteiger partial charge in [-0.1, -0.05) is 27.7 Å². The molecule has 0 radical (unpaired) electrons. The zero-order valence-corrected chi connectivity index (χ0v) is 21.3. The Kier molecular flexibility index (Phi) is 8.30. The minimum absolute atomic E-state index is 0.111. The van der Waals surface area contributed by atoms with Gasteiger partial charge in [-0.25, -0.2) is 0 Å². The van der Waals surface area contributed by atoms with Crippen LogP contribution in [0, 0.1) is 29.1 Å². The molecule has 8 atom stereocenters. The van der Waals surface area contributed by atoms with Crippen LogP contribution in [0.2, 0.25) is 0 Å². The third kappa shape index (κ3) is 6.05. The van der Waals surface area contributed by atoms with Gasteiger partial charge in [0.2, 0.25) is 5.91 Å². The Bertz CT molecular complexity index is 665. The Morgan fingerprint density at radius 3 is 2.47 bits per heavy atom. The van der Waals surface area contributed by atoms with Crippen molar-refractivity contribution in [3.05, 3.63) is 0 Å². The van der Waals surface area contributed by atoms with Gasteiger partial charge in [0.25, 0.3) is 0 Å². The second-order valence-corrected chi connectivity index (χ2v) is 11.7. The van der Waals surface area contributed by atoms with E-state index in [0.29, 0.717) is 31.0 Å². The average molecular weight is 452 g/mol. The van der Waals surface area contributed by atoms with E-state index in [2.05, 4.69) is 34.6 Å². The van der Waals surface area contributed by atoms with Gasteiger partial charge in [-0.2, -0.15) is 0 Å². The third-order valence-electron chi connectivity index (χ3n) is 8.38. The normalized spacial score (nSPS) is 36.3. The molecule has 1 aliphatic heterocycles. The quantitative estimate of drug-likeness (QED) is 0.521. The lowest BCUT2D eigenvalue weighted by Gasteiger charge is -2.47. The van der Waals surface area contributed by atoms with Crippen LogP contribution in [0.4, 0.5) is 0 Å². The lowest BCUT2D eigenvalue weighted by Crippen LogP contribution is -2.48. The van der Waals surface area contributed by atoms with Crippen LogP contribution in [0.25, 0.3) is 0 Å². The van der Waals surface area contributed by atoms with E-state index in [1.165, 1.54) is 6.92 Å². The van der Waals surface area contributed by atoms with Crippen LogP contribution in [0.1, 0.15) is 86.5 Å². The molecule has 3 aliphatic rings. The summed E-state index contributed by atoms with van der Waals surface area (Å²) in [4.78, 5) is 27.0. The van der Waals surface area contributed by atoms with Crippen molar-refractivity contribution in [3.63, 3.8) is 0 Å². The molecule has 3 fully saturated rings. The van der Waals surface area contributed by atoms with E-state index in [4.69, 9.17) is 14.2 Å².